The van der Waals surface area contributed by atoms with E-state index < -0.39 is 0 Å². The molecule has 20 heavy (non-hydrogen) atoms. The molecular weight excluding hydrogens is 272 g/mol. The van der Waals surface area contributed by atoms with Crippen molar-refractivity contribution in [3.63, 3.8) is 0 Å². The zero-order chi connectivity index (χ0) is 14.5. The van der Waals surface area contributed by atoms with Gasteiger partial charge in [-0.05, 0) is 43.4 Å². The first-order valence-corrected chi connectivity index (χ1v) is 7.83. The summed E-state index contributed by atoms with van der Waals surface area (Å²) >= 11 is 6.20. The van der Waals surface area contributed by atoms with E-state index in [0.717, 1.165) is 31.0 Å². The summed E-state index contributed by atoms with van der Waals surface area (Å²) in [6.07, 6.45) is 4.41. The topological polar surface area (TPSA) is 38.5 Å². The van der Waals surface area contributed by atoms with Gasteiger partial charge in [-0.3, -0.25) is 0 Å². The van der Waals surface area contributed by atoms with Gasteiger partial charge in [0.25, 0.3) is 0 Å². The second-order valence-electron chi connectivity index (χ2n) is 5.56. The highest BCUT2D eigenvalue weighted by Crippen LogP contribution is 2.35. The lowest BCUT2D eigenvalue weighted by Gasteiger charge is -2.28. The van der Waals surface area contributed by atoms with E-state index in [4.69, 9.17) is 22.1 Å². The largest absolute Gasteiger partial charge is 0.383 e. The molecule has 1 unspecified atom stereocenters. The zero-order valence-corrected chi connectivity index (χ0v) is 13.2. The Morgan fingerprint density at radius 3 is 2.80 bits per heavy atom. The summed E-state index contributed by atoms with van der Waals surface area (Å²) in [4.78, 5) is 2.44. The summed E-state index contributed by atoms with van der Waals surface area (Å²) in [6.45, 7) is 3.78. The van der Waals surface area contributed by atoms with Gasteiger partial charge in [0.1, 0.15) is 0 Å². The van der Waals surface area contributed by atoms with Crippen LogP contribution in [0.15, 0.2) is 18.2 Å². The molecule has 0 amide bonds. The Kier molecular flexibility index (Phi) is 5.70. The van der Waals surface area contributed by atoms with Gasteiger partial charge in [-0.2, -0.15) is 0 Å². The molecule has 1 aliphatic rings. The molecule has 0 aromatic heterocycles. The minimum absolute atomic E-state index is 0.207. The van der Waals surface area contributed by atoms with Crippen LogP contribution in [0.2, 0.25) is 5.02 Å². The van der Waals surface area contributed by atoms with Gasteiger partial charge < -0.3 is 15.4 Å². The average molecular weight is 297 g/mol. The molecule has 3 nitrogen and oxygen atoms in total. The van der Waals surface area contributed by atoms with Gasteiger partial charge in [0.15, 0.2) is 0 Å². The molecule has 2 N–H and O–H groups in total. The van der Waals surface area contributed by atoms with Gasteiger partial charge in [-0.25, -0.2) is 0 Å². The fourth-order valence-corrected chi connectivity index (χ4v) is 2.65. The number of hydrogen-bond donors (Lipinski definition) is 1. The average Bonchev–Trinajstić information content (AvgIpc) is 3.26. The van der Waals surface area contributed by atoms with Crippen molar-refractivity contribution in [2.75, 3.05) is 25.2 Å². The van der Waals surface area contributed by atoms with Gasteiger partial charge in [0.2, 0.25) is 0 Å². The fraction of sp³-hybridized carbons (Fsp3) is 0.625. The van der Waals surface area contributed by atoms with Gasteiger partial charge in [-0.15, -0.1) is 0 Å². The van der Waals surface area contributed by atoms with Crippen LogP contribution in [-0.2, 0) is 11.2 Å². The molecule has 0 spiro atoms. The second-order valence-corrected chi connectivity index (χ2v) is 6.00. The second kappa shape index (κ2) is 7.30. The number of nitrogens with two attached hydrogens (primary N) is 1. The molecule has 1 saturated carbocycles. The lowest BCUT2D eigenvalue weighted by Crippen LogP contribution is -2.31. The lowest BCUT2D eigenvalue weighted by atomic mass is 10.0. The minimum atomic E-state index is 0.207. The summed E-state index contributed by atoms with van der Waals surface area (Å²) in [5.74, 6) is 0. The Labute approximate surface area is 127 Å². The number of halogens is 1. The Morgan fingerprint density at radius 2 is 2.20 bits per heavy atom. The van der Waals surface area contributed by atoms with Crippen LogP contribution in [0.25, 0.3) is 0 Å². The summed E-state index contributed by atoms with van der Waals surface area (Å²) in [5, 5.41) is 0.789. The van der Waals surface area contributed by atoms with Crippen LogP contribution in [0.5, 0.6) is 0 Å². The maximum absolute atomic E-state index is 6.20. The standard InChI is InChI=1S/C16H25ClN2O/c1-3-14(18)10-12-4-5-13(17)11-16(12)19(8-9-20-2)15-6-7-15/h4-5,11,14-15H,3,6-10,18H2,1-2H3. The molecular formula is C16H25ClN2O. The molecule has 0 saturated heterocycles. The highest BCUT2D eigenvalue weighted by atomic mass is 35.5. The summed E-state index contributed by atoms with van der Waals surface area (Å²) < 4.78 is 5.24. The maximum atomic E-state index is 6.20. The molecule has 2 rings (SSSR count). The van der Waals surface area contributed by atoms with Gasteiger partial charge in [0, 0.05) is 36.4 Å². The zero-order valence-electron chi connectivity index (χ0n) is 12.4. The van der Waals surface area contributed by atoms with E-state index in [1.807, 2.05) is 6.07 Å². The van der Waals surface area contributed by atoms with Crippen LogP contribution < -0.4 is 10.6 Å². The van der Waals surface area contributed by atoms with Crippen molar-refractivity contribution in [1.82, 2.24) is 0 Å². The third-order valence-electron chi connectivity index (χ3n) is 3.89. The van der Waals surface area contributed by atoms with Crippen LogP contribution in [0, 0.1) is 0 Å². The Bertz CT molecular complexity index is 434. The molecule has 1 atom stereocenters. The first kappa shape index (κ1) is 15.6. The highest BCUT2D eigenvalue weighted by Gasteiger charge is 2.30. The van der Waals surface area contributed by atoms with Gasteiger partial charge >= 0.3 is 0 Å². The molecule has 0 bridgehead atoms. The van der Waals surface area contributed by atoms with E-state index in [9.17, 15) is 0 Å². The molecule has 1 fully saturated rings. The van der Waals surface area contributed by atoms with Crippen molar-refractivity contribution in [3.05, 3.63) is 28.8 Å². The van der Waals surface area contributed by atoms with E-state index in [0.29, 0.717) is 6.04 Å². The smallest absolute Gasteiger partial charge is 0.0637 e. The molecule has 112 valence electrons. The van der Waals surface area contributed by atoms with Crippen molar-refractivity contribution in [1.29, 1.82) is 0 Å². The van der Waals surface area contributed by atoms with E-state index >= 15 is 0 Å². The number of hydrogen-bond acceptors (Lipinski definition) is 3. The van der Waals surface area contributed by atoms with Gasteiger partial charge in [0.05, 0.1) is 6.61 Å². The van der Waals surface area contributed by atoms with Crippen molar-refractivity contribution in [2.45, 2.75) is 44.7 Å². The Hall–Kier alpha value is -0.770. The summed E-state index contributed by atoms with van der Waals surface area (Å²) in [7, 11) is 1.75. The third-order valence-corrected chi connectivity index (χ3v) is 4.12. The number of methoxy groups -OCH3 is 1. The predicted molar refractivity (Wildman–Crippen MR) is 85.7 cm³/mol. The number of benzene rings is 1. The van der Waals surface area contributed by atoms with Crippen LogP contribution in [0.1, 0.15) is 31.7 Å². The van der Waals surface area contributed by atoms with E-state index in [2.05, 4.69) is 24.0 Å². The van der Waals surface area contributed by atoms with Crippen molar-refractivity contribution < 1.29 is 4.74 Å². The fourth-order valence-electron chi connectivity index (χ4n) is 2.48. The van der Waals surface area contributed by atoms with Crippen LogP contribution in [0.3, 0.4) is 0 Å². The van der Waals surface area contributed by atoms with E-state index in [1.54, 1.807) is 7.11 Å². The highest BCUT2D eigenvalue weighted by molar-refractivity contribution is 6.30. The Morgan fingerprint density at radius 1 is 1.45 bits per heavy atom. The maximum Gasteiger partial charge on any atom is 0.0637 e. The first-order valence-electron chi connectivity index (χ1n) is 7.45. The molecule has 1 aromatic rings. The summed E-state index contributed by atoms with van der Waals surface area (Å²) in [5.41, 5.74) is 8.66. The van der Waals surface area contributed by atoms with Crippen LogP contribution in [-0.4, -0.2) is 32.3 Å². The lowest BCUT2D eigenvalue weighted by molar-refractivity contribution is 0.205. The Balaban J connectivity index is 2.23. The molecule has 0 aliphatic heterocycles. The number of rotatable bonds is 8. The van der Waals surface area contributed by atoms with Gasteiger partial charge in [-0.1, -0.05) is 24.6 Å². The molecule has 1 aromatic carbocycles. The monoisotopic (exact) mass is 296 g/mol. The van der Waals surface area contributed by atoms with Crippen molar-refractivity contribution in [2.24, 2.45) is 5.73 Å². The van der Waals surface area contributed by atoms with E-state index in [-0.39, 0.29) is 6.04 Å². The minimum Gasteiger partial charge on any atom is -0.383 e. The number of anilines is 1. The van der Waals surface area contributed by atoms with Crippen LogP contribution in [0.4, 0.5) is 5.69 Å². The molecule has 0 heterocycles. The van der Waals surface area contributed by atoms with Crippen LogP contribution >= 0.6 is 11.6 Å². The van der Waals surface area contributed by atoms with Crippen molar-refractivity contribution in [3.8, 4) is 0 Å². The quantitative estimate of drug-likeness (QED) is 0.800. The predicted octanol–water partition coefficient (Wildman–Crippen LogP) is 3.24. The van der Waals surface area contributed by atoms with E-state index in [1.165, 1.54) is 24.1 Å². The molecule has 0 radical (unpaired) electrons. The third kappa shape index (κ3) is 4.11. The molecule has 1 aliphatic carbocycles. The molecule has 4 heteroatoms. The first-order chi connectivity index (χ1) is 9.65. The number of ether oxygens (including phenoxy) is 1. The normalized spacial score (nSPS) is 16.2. The van der Waals surface area contributed by atoms with Crippen molar-refractivity contribution >= 4 is 17.3 Å². The SMILES string of the molecule is CCC(N)Cc1ccc(Cl)cc1N(CCOC)C1CC1. The number of nitrogens with zero attached hydrogens (tertiary/aromatic N) is 1. The summed E-state index contributed by atoms with van der Waals surface area (Å²) in [6, 6.07) is 7.01.